The minimum atomic E-state index is -4.19. The Kier molecular flexibility index (Phi) is 8.58. The highest BCUT2D eigenvalue weighted by Crippen LogP contribution is 2.72. The number of aryl methyl sites for hydroxylation is 1. The van der Waals surface area contributed by atoms with Crippen molar-refractivity contribution in [3.05, 3.63) is 121 Å². The fourth-order valence-corrected chi connectivity index (χ4v) is 12.4. The predicted molar refractivity (Wildman–Crippen MR) is 163 cm³/mol. The molecule has 5 rings (SSSR count). The number of methoxy groups -OCH3 is 2. The molecule has 0 unspecified atom stereocenters. The molecule has 0 bridgehead atoms. The summed E-state index contributed by atoms with van der Waals surface area (Å²) in [5.41, 5.74) is 0.962. The molecule has 1 aromatic heterocycles. The van der Waals surface area contributed by atoms with Crippen LogP contribution in [0.4, 0.5) is 0 Å². The van der Waals surface area contributed by atoms with Gasteiger partial charge < -0.3 is 9.47 Å². The first-order valence-corrected chi connectivity index (χ1v) is 16.9. The van der Waals surface area contributed by atoms with Gasteiger partial charge in [-0.3, -0.25) is 0 Å². The minimum Gasteiger partial charge on any atom is -0.497 e. The Morgan fingerprint density at radius 3 is 1.68 bits per heavy atom. The Labute approximate surface area is 245 Å². The molecule has 0 radical (unpaired) electrons. The number of thiophene rings is 1. The monoisotopic (exact) mass is 608 g/mol. The zero-order chi connectivity index (χ0) is 28.2. The quantitative estimate of drug-likeness (QED) is 0.158. The van der Waals surface area contributed by atoms with Crippen LogP contribution in [-0.4, -0.2) is 22.6 Å². The van der Waals surface area contributed by atoms with Gasteiger partial charge in [0.15, 0.2) is 0 Å². The second-order valence-electron chi connectivity index (χ2n) is 8.73. The average Bonchev–Trinajstić information content (AvgIpc) is 3.45. The van der Waals surface area contributed by atoms with E-state index in [0.717, 1.165) is 28.7 Å². The number of benzene rings is 4. The normalized spacial score (nSPS) is 12.2. The third-order valence-electron chi connectivity index (χ3n) is 6.09. The first-order chi connectivity index (χ1) is 19.3. The topological polar surface area (TPSA) is 61.8 Å². The molecule has 0 fully saturated rings. The molecule has 1 heterocycles. The van der Waals surface area contributed by atoms with Crippen molar-refractivity contribution in [3.8, 4) is 11.5 Å². The number of ether oxygens (including phenoxy) is 2. The number of rotatable bonds is 10. The molecule has 0 atom stereocenters. The van der Waals surface area contributed by atoms with E-state index in [1.165, 1.54) is 11.3 Å². The van der Waals surface area contributed by atoms with Gasteiger partial charge in [-0.15, -0.1) is 11.3 Å². The van der Waals surface area contributed by atoms with Gasteiger partial charge in [0, 0.05) is 14.7 Å². The van der Waals surface area contributed by atoms with E-state index in [-0.39, 0.29) is 4.90 Å². The van der Waals surface area contributed by atoms with Crippen molar-refractivity contribution in [2.45, 2.75) is 34.9 Å². The Bertz CT molecular complexity index is 1620. The molecule has 0 saturated carbocycles. The van der Waals surface area contributed by atoms with E-state index in [1.54, 1.807) is 50.2 Å². The van der Waals surface area contributed by atoms with Crippen molar-refractivity contribution in [1.29, 1.82) is 0 Å². The molecular weight excluding hydrogens is 581 g/mol. The molecular formula is C31H28O5S4. The SMILES string of the molecule is COc1ccc(S(OS(=O)(=O)c2ccc(C)cc2)(c2ccc(OC)cc2)c2ccc(Sc3ccccc3)s2)cc1. The minimum absolute atomic E-state index is 0.104. The van der Waals surface area contributed by atoms with Crippen molar-refractivity contribution < 1.29 is 21.5 Å². The molecule has 5 nitrogen and oxygen atoms in total. The highest BCUT2D eigenvalue weighted by molar-refractivity contribution is 8.34. The molecule has 9 heteroatoms. The summed E-state index contributed by atoms with van der Waals surface area (Å²) in [5, 5.41) is 0. The fraction of sp³-hybridized carbons (Fsp3) is 0.0968. The first-order valence-electron chi connectivity index (χ1n) is 12.3. The molecule has 0 aliphatic heterocycles. The predicted octanol–water partition coefficient (Wildman–Crippen LogP) is 8.83. The Balaban J connectivity index is 1.72. The third kappa shape index (κ3) is 5.94. The lowest BCUT2D eigenvalue weighted by molar-refractivity contribution is 0.414. The van der Waals surface area contributed by atoms with Crippen LogP contribution in [-0.2, 0) is 13.7 Å². The van der Waals surface area contributed by atoms with Crippen molar-refractivity contribution in [2.24, 2.45) is 0 Å². The average molecular weight is 609 g/mol. The van der Waals surface area contributed by atoms with Crippen LogP contribution in [0.15, 0.2) is 143 Å². The zero-order valence-corrected chi connectivity index (χ0v) is 25.4. The van der Waals surface area contributed by atoms with Gasteiger partial charge in [-0.2, -0.15) is 8.42 Å². The maximum absolute atomic E-state index is 14.0. The molecule has 5 aromatic rings. The Morgan fingerprint density at radius 2 is 1.15 bits per heavy atom. The molecule has 0 amide bonds. The molecule has 4 aromatic carbocycles. The van der Waals surface area contributed by atoms with Crippen LogP contribution in [0.3, 0.4) is 0 Å². The standard InChI is InChI=1S/C31H28O5S4/c1-23-9-15-29(16-10-23)40(32,33)36-39(27-17-11-24(34-2)12-18-27,28-19-13-25(35-3)14-20-28)31-22-21-30(38-31)37-26-7-5-4-6-8-26/h4-22H,1-3H3. The van der Waals surface area contributed by atoms with E-state index < -0.39 is 20.4 Å². The van der Waals surface area contributed by atoms with Gasteiger partial charge in [-0.25, -0.2) is 3.63 Å². The van der Waals surface area contributed by atoms with Crippen molar-refractivity contribution in [1.82, 2.24) is 0 Å². The van der Waals surface area contributed by atoms with Gasteiger partial charge in [-0.1, -0.05) is 47.7 Å². The summed E-state index contributed by atoms with van der Waals surface area (Å²) in [7, 11) is -3.75. The van der Waals surface area contributed by atoms with E-state index in [0.29, 0.717) is 11.5 Å². The molecule has 206 valence electrons. The fourth-order valence-electron chi connectivity index (χ4n) is 4.01. The maximum Gasteiger partial charge on any atom is 0.307 e. The van der Waals surface area contributed by atoms with Crippen LogP contribution < -0.4 is 9.47 Å². The van der Waals surface area contributed by atoms with Gasteiger partial charge in [-0.05, 0) is 102 Å². The summed E-state index contributed by atoms with van der Waals surface area (Å²) >= 11 is 3.16. The highest BCUT2D eigenvalue weighted by atomic mass is 32.3. The lowest BCUT2D eigenvalue weighted by Crippen LogP contribution is -2.14. The van der Waals surface area contributed by atoms with Gasteiger partial charge in [0.1, 0.15) is 11.5 Å². The Morgan fingerprint density at radius 1 is 0.625 bits per heavy atom. The lowest BCUT2D eigenvalue weighted by atomic mass is 10.2. The van der Waals surface area contributed by atoms with Crippen LogP contribution >= 0.6 is 33.4 Å². The summed E-state index contributed by atoms with van der Waals surface area (Å²) in [6.07, 6.45) is 0. The largest absolute Gasteiger partial charge is 0.497 e. The van der Waals surface area contributed by atoms with E-state index >= 15 is 0 Å². The Hall–Kier alpha value is -3.21. The van der Waals surface area contributed by atoms with Crippen LogP contribution in [0.2, 0.25) is 0 Å². The van der Waals surface area contributed by atoms with E-state index in [1.807, 2.05) is 85.8 Å². The summed E-state index contributed by atoms with van der Waals surface area (Å²) < 4.78 is 47.1. The summed E-state index contributed by atoms with van der Waals surface area (Å²) in [5.74, 6) is 1.33. The van der Waals surface area contributed by atoms with Crippen LogP contribution in [0.5, 0.6) is 11.5 Å². The summed E-state index contributed by atoms with van der Waals surface area (Å²) in [6, 6.07) is 35.6. The zero-order valence-electron chi connectivity index (χ0n) is 22.1. The van der Waals surface area contributed by atoms with Crippen LogP contribution in [0.1, 0.15) is 5.56 Å². The summed E-state index contributed by atoms with van der Waals surface area (Å²) in [6.45, 7) is 1.92. The number of hydrogen-bond donors (Lipinski definition) is 0. The molecule has 0 N–H and O–H groups in total. The van der Waals surface area contributed by atoms with Gasteiger partial charge in [0.05, 0.1) is 27.5 Å². The van der Waals surface area contributed by atoms with Crippen LogP contribution in [0.25, 0.3) is 0 Å². The molecule has 0 aliphatic carbocycles. The van der Waals surface area contributed by atoms with Crippen molar-refractivity contribution in [2.75, 3.05) is 14.2 Å². The second-order valence-corrected chi connectivity index (χ2v) is 15.9. The first kappa shape index (κ1) is 28.3. The van der Waals surface area contributed by atoms with Gasteiger partial charge in [0.25, 0.3) is 0 Å². The van der Waals surface area contributed by atoms with Gasteiger partial charge in [0.2, 0.25) is 0 Å². The number of hydrogen-bond acceptors (Lipinski definition) is 7. The lowest BCUT2D eigenvalue weighted by Gasteiger charge is -2.38. The van der Waals surface area contributed by atoms with Crippen molar-refractivity contribution in [3.63, 3.8) is 0 Å². The summed E-state index contributed by atoms with van der Waals surface area (Å²) in [4.78, 5) is 2.66. The van der Waals surface area contributed by atoms with Crippen LogP contribution in [0, 0.1) is 6.92 Å². The maximum atomic E-state index is 14.0. The van der Waals surface area contributed by atoms with Gasteiger partial charge >= 0.3 is 10.1 Å². The van der Waals surface area contributed by atoms with E-state index in [2.05, 4.69) is 12.1 Å². The molecule has 0 aliphatic rings. The highest BCUT2D eigenvalue weighted by Gasteiger charge is 2.40. The molecule has 0 spiro atoms. The smallest absolute Gasteiger partial charge is 0.307 e. The molecule has 0 saturated heterocycles. The van der Waals surface area contributed by atoms with E-state index in [9.17, 15) is 8.42 Å². The third-order valence-corrected chi connectivity index (χ3v) is 14.0. The molecule has 40 heavy (non-hydrogen) atoms. The van der Waals surface area contributed by atoms with Crippen molar-refractivity contribution >= 4 is 43.5 Å². The second kappa shape index (κ2) is 12.1. The van der Waals surface area contributed by atoms with E-state index in [4.69, 9.17) is 13.1 Å².